The average Bonchev–Trinajstić information content (AvgIpc) is 2.38. The van der Waals surface area contributed by atoms with Crippen LogP contribution in [0.5, 0.6) is 5.75 Å². The van der Waals surface area contributed by atoms with Crippen LogP contribution in [-0.4, -0.2) is 17.6 Å². The molecule has 0 heterocycles. The van der Waals surface area contributed by atoms with Gasteiger partial charge >= 0.3 is 0 Å². The zero-order chi connectivity index (χ0) is 14.5. The van der Waals surface area contributed by atoms with Gasteiger partial charge in [-0.3, -0.25) is 10.1 Å². The largest absolute Gasteiger partial charge is 0.490 e. The van der Waals surface area contributed by atoms with Crippen molar-refractivity contribution < 1.29 is 9.66 Å². The van der Waals surface area contributed by atoms with Crippen molar-refractivity contribution >= 4 is 11.4 Å². The van der Waals surface area contributed by atoms with Gasteiger partial charge in [0.05, 0.1) is 17.1 Å². The Morgan fingerprint density at radius 2 is 2.20 bits per heavy atom. The number of nitrogens with one attached hydrogen (secondary N) is 1. The molecule has 20 heavy (non-hydrogen) atoms. The van der Waals surface area contributed by atoms with E-state index >= 15 is 0 Å². The average molecular weight is 278 g/mol. The quantitative estimate of drug-likeness (QED) is 0.653. The van der Waals surface area contributed by atoms with Crippen LogP contribution in [0.1, 0.15) is 39.5 Å². The normalized spacial score (nSPS) is 22.3. The first-order valence-corrected chi connectivity index (χ1v) is 7.28. The van der Waals surface area contributed by atoms with Gasteiger partial charge in [0.1, 0.15) is 5.75 Å². The molecule has 2 rings (SSSR count). The molecular formula is C15H22N2O3. The number of nitrogens with zero attached hydrogens (tertiary/aromatic N) is 1. The third-order valence-electron chi connectivity index (χ3n) is 3.67. The Morgan fingerprint density at radius 3 is 2.85 bits per heavy atom. The van der Waals surface area contributed by atoms with Crippen molar-refractivity contribution in [1.82, 2.24) is 0 Å². The van der Waals surface area contributed by atoms with Gasteiger partial charge in [-0.05, 0) is 32.1 Å². The van der Waals surface area contributed by atoms with Gasteiger partial charge < -0.3 is 10.1 Å². The molecule has 0 aromatic heterocycles. The summed E-state index contributed by atoms with van der Waals surface area (Å²) >= 11 is 0. The van der Waals surface area contributed by atoms with E-state index < -0.39 is 0 Å². The lowest BCUT2D eigenvalue weighted by atomic mass is 9.89. The first-order chi connectivity index (χ1) is 9.58. The molecule has 110 valence electrons. The molecule has 1 aromatic carbocycles. The van der Waals surface area contributed by atoms with Crippen molar-refractivity contribution in [3.05, 3.63) is 28.3 Å². The van der Waals surface area contributed by atoms with Gasteiger partial charge in [0, 0.05) is 24.4 Å². The van der Waals surface area contributed by atoms with Gasteiger partial charge in [-0.15, -0.1) is 0 Å². The van der Waals surface area contributed by atoms with E-state index in [1.807, 2.05) is 13.0 Å². The molecule has 1 saturated carbocycles. The van der Waals surface area contributed by atoms with E-state index in [0.29, 0.717) is 11.7 Å². The lowest BCUT2D eigenvalue weighted by Gasteiger charge is -2.27. The maximum absolute atomic E-state index is 11.0. The van der Waals surface area contributed by atoms with E-state index in [0.717, 1.165) is 25.1 Å². The first-order valence-electron chi connectivity index (χ1n) is 7.28. The lowest BCUT2D eigenvalue weighted by Crippen LogP contribution is -2.24. The monoisotopic (exact) mass is 278 g/mol. The molecule has 5 heteroatoms. The van der Waals surface area contributed by atoms with Gasteiger partial charge in [0.15, 0.2) is 0 Å². The summed E-state index contributed by atoms with van der Waals surface area (Å²) in [6.07, 6.45) is 4.65. The number of non-ortho nitro benzene ring substituents is 1. The summed E-state index contributed by atoms with van der Waals surface area (Å²) in [7, 11) is 0. The number of nitro benzene ring substituents is 1. The van der Waals surface area contributed by atoms with Crippen LogP contribution < -0.4 is 10.1 Å². The standard InChI is InChI=1S/C15H22N2O3/c1-3-16-12-8-13(17(18)19)10-15(9-12)20-14-6-4-5-11(2)7-14/h8-11,14,16H,3-7H2,1-2H3. The van der Waals surface area contributed by atoms with E-state index in [1.54, 1.807) is 6.07 Å². The zero-order valence-electron chi connectivity index (χ0n) is 12.1. The van der Waals surface area contributed by atoms with Crippen LogP contribution in [0.15, 0.2) is 18.2 Å². The molecule has 2 atom stereocenters. The molecule has 0 radical (unpaired) electrons. The van der Waals surface area contributed by atoms with Crippen LogP contribution in [0.2, 0.25) is 0 Å². The summed E-state index contributed by atoms with van der Waals surface area (Å²) in [5.74, 6) is 1.26. The van der Waals surface area contributed by atoms with Crippen LogP contribution in [0, 0.1) is 16.0 Å². The molecule has 0 bridgehead atoms. The number of rotatable bonds is 5. The highest BCUT2D eigenvalue weighted by Gasteiger charge is 2.21. The zero-order valence-corrected chi connectivity index (χ0v) is 12.1. The minimum atomic E-state index is -0.378. The molecule has 1 fully saturated rings. The summed E-state index contributed by atoms with van der Waals surface area (Å²) < 4.78 is 5.96. The molecule has 1 aromatic rings. The van der Waals surface area contributed by atoms with Crippen LogP contribution in [0.3, 0.4) is 0 Å². The summed E-state index contributed by atoms with van der Waals surface area (Å²) in [5.41, 5.74) is 0.808. The van der Waals surface area contributed by atoms with E-state index in [1.165, 1.54) is 18.9 Å². The van der Waals surface area contributed by atoms with Crippen molar-refractivity contribution in [2.75, 3.05) is 11.9 Å². The highest BCUT2D eigenvalue weighted by atomic mass is 16.6. The molecule has 1 aliphatic rings. The third kappa shape index (κ3) is 3.85. The van der Waals surface area contributed by atoms with Crippen molar-refractivity contribution in [3.8, 4) is 5.75 Å². The number of benzene rings is 1. The smallest absolute Gasteiger partial charge is 0.275 e. The number of hydrogen-bond acceptors (Lipinski definition) is 4. The minimum absolute atomic E-state index is 0.0716. The highest BCUT2D eigenvalue weighted by Crippen LogP contribution is 2.31. The van der Waals surface area contributed by atoms with Crippen LogP contribution in [0.25, 0.3) is 0 Å². The van der Waals surface area contributed by atoms with Crippen LogP contribution >= 0.6 is 0 Å². The number of hydrogen-bond donors (Lipinski definition) is 1. The maximum Gasteiger partial charge on any atom is 0.275 e. The van der Waals surface area contributed by atoms with E-state index in [-0.39, 0.29) is 16.7 Å². The van der Waals surface area contributed by atoms with Gasteiger partial charge in [-0.25, -0.2) is 0 Å². The Balaban J connectivity index is 2.14. The highest BCUT2D eigenvalue weighted by molar-refractivity contribution is 5.56. The Kier molecular flexibility index (Phi) is 4.82. The fraction of sp³-hybridized carbons (Fsp3) is 0.600. The van der Waals surface area contributed by atoms with Gasteiger partial charge in [-0.2, -0.15) is 0 Å². The minimum Gasteiger partial charge on any atom is -0.490 e. The maximum atomic E-state index is 11.0. The van der Waals surface area contributed by atoms with Crippen molar-refractivity contribution in [3.63, 3.8) is 0 Å². The van der Waals surface area contributed by atoms with E-state index in [9.17, 15) is 10.1 Å². The molecule has 5 nitrogen and oxygen atoms in total. The van der Waals surface area contributed by atoms with E-state index in [2.05, 4.69) is 12.2 Å². The predicted octanol–water partition coefficient (Wildman–Crippen LogP) is 3.98. The Labute approximate surface area is 119 Å². The molecule has 1 aliphatic carbocycles. The first kappa shape index (κ1) is 14.6. The van der Waals surface area contributed by atoms with Crippen molar-refractivity contribution in [1.29, 1.82) is 0 Å². The summed E-state index contributed by atoms with van der Waals surface area (Å²) in [6, 6.07) is 4.90. The molecule has 0 amide bonds. The Bertz CT molecular complexity index is 476. The second kappa shape index (κ2) is 6.59. The third-order valence-corrected chi connectivity index (χ3v) is 3.67. The van der Waals surface area contributed by atoms with Gasteiger partial charge in [-0.1, -0.05) is 13.3 Å². The molecule has 0 spiro atoms. The molecule has 0 aliphatic heterocycles. The summed E-state index contributed by atoms with van der Waals surface area (Å²) in [4.78, 5) is 10.6. The summed E-state index contributed by atoms with van der Waals surface area (Å²) in [5, 5.41) is 14.1. The number of ether oxygens (including phenoxy) is 1. The Hall–Kier alpha value is -1.78. The Morgan fingerprint density at radius 1 is 1.40 bits per heavy atom. The lowest BCUT2D eigenvalue weighted by molar-refractivity contribution is -0.384. The fourth-order valence-electron chi connectivity index (χ4n) is 2.74. The fourth-order valence-corrected chi connectivity index (χ4v) is 2.74. The summed E-state index contributed by atoms with van der Waals surface area (Å²) in [6.45, 7) is 4.91. The molecule has 0 saturated heterocycles. The van der Waals surface area contributed by atoms with Gasteiger partial charge in [0.25, 0.3) is 5.69 Å². The SMILES string of the molecule is CCNc1cc(OC2CCCC(C)C2)cc([N+](=O)[O-])c1. The predicted molar refractivity (Wildman–Crippen MR) is 79.3 cm³/mol. The molecule has 2 unspecified atom stereocenters. The van der Waals surface area contributed by atoms with Gasteiger partial charge in [0.2, 0.25) is 0 Å². The van der Waals surface area contributed by atoms with Crippen LogP contribution in [0.4, 0.5) is 11.4 Å². The van der Waals surface area contributed by atoms with Crippen molar-refractivity contribution in [2.24, 2.45) is 5.92 Å². The molecule has 1 N–H and O–H groups in total. The van der Waals surface area contributed by atoms with E-state index in [4.69, 9.17) is 4.74 Å². The van der Waals surface area contributed by atoms with Crippen LogP contribution in [-0.2, 0) is 0 Å². The topological polar surface area (TPSA) is 64.4 Å². The number of anilines is 1. The second-order valence-corrected chi connectivity index (χ2v) is 5.51. The second-order valence-electron chi connectivity index (χ2n) is 5.51. The molecular weight excluding hydrogens is 256 g/mol. The van der Waals surface area contributed by atoms with Crippen molar-refractivity contribution in [2.45, 2.75) is 45.6 Å². The number of nitro groups is 1.